The maximum Gasteiger partial charge on any atom is 0.278 e. The largest absolute Gasteiger partial charge is 0.502 e. The van der Waals surface area contributed by atoms with E-state index >= 15 is 0 Å². The molecule has 33 heavy (non-hydrogen) atoms. The molecule has 0 spiro atoms. The van der Waals surface area contributed by atoms with Crippen LogP contribution < -0.4 is 15.2 Å². The minimum Gasteiger partial charge on any atom is -0.502 e. The van der Waals surface area contributed by atoms with Gasteiger partial charge in [0.1, 0.15) is 19.0 Å². The van der Waals surface area contributed by atoms with Crippen LogP contribution in [0.15, 0.2) is 82.6 Å². The maximum atomic E-state index is 13.1. The Balaban J connectivity index is 1.56. The van der Waals surface area contributed by atoms with Gasteiger partial charge in [0.05, 0.1) is 6.54 Å². The average molecular weight is 462 g/mol. The van der Waals surface area contributed by atoms with Crippen molar-refractivity contribution in [3.63, 3.8) is 0 Å². The summed E-state index contributed by atoms with van der Waals surface area (Å²) in [5.74, 6) is 0.679. The summed E-state index contributed by atoms with van der Waals surface area (Å²) < 4.78 is 7.44. The molecule has 2 aliphatic heterocycles. The molecule has 2 aromatic carbocycles. The van der Waals surface area contributed by atoms with E-state index < -0.39 is 11.2 Å². The van der Waals surface area contributed by atoms with Crippen LogP contribution in [0.25, 0.3) is 0 Å². The number of nitrogens with zero attached hydrogens (tertiary/aromatic N) is 3. The molecule has 8 heteroatoms. The molecular formula is C25H23N3O4S. The highest BCUT2D eigenvalue weighted by Crippen LogP contribution is 2.29. The first kappa shape index (κ1) is 21.2. The summed E-state index contributed by atoms with van der Waals surface area (Å²) in [7, 11) is 0. The molecule has 0 atom stereocenters. The van der Waals surface area contributed by atoms with Crippen molar-refractivity contribution < 1.29 is 14.6 Å². The highest BCUT2D eigenvalue weighted by atomic mass is 32.2. The van der Waals surface area contributed by atoms with Gasteiger partial charge < -0.3 is 14.7 Å². The van der Waals surface area contributed by atoms with Gasteiger partial charge in [-0.25, -0.2) is 0 Å². The van der Waals surface area contributed by atoms with Gasteiger partial charge in [0, 0.05) is 29.5 Å². The van der Waals surface area contributed by atoms with Gasteiger partial charge in [-0.15, -0.1) is 11.8 Å². The number of rotatable bonds is 0. The molecular weight excluding hydrogens is 438 g/mol. The fraction of sp³-hybridized carbons (Fsp3) is 0.200. The van der Waals surface area contributed by atoms with E-state index in [0.717, 1.165) is 22.0 Å². The maximum absolute atomic E-state index is 13.1. The van der Waals surface area contributed by atoms with Gasteiger partial charge in [-0.1, -0.05) is 36.4 Å². The normalized spacial score (nSPS) is 17.0. The van der Waals surface area contributed by atoms with E-state index in [1.807, 2.05) is 41.4 Å². The predicted octanol–water partition coefficient (Wildman–Crippen LogP) is 3.35. The molecule has 0 radical (unpaired) electrons. The fourth-order valence-corrected chi connectivity index (χ4v) is 4.96. The lowest BCUT2D eigenvalue weighted by Crippen LogP contribution is -2.53. The van der Waals surface area contributed by atoms with Crippen LogP contribution in [-0.2, 0) is 12.3 Å². The zero-order chi connectivity index (χ0) is 22.8. The molecule has 4 bridgehead atoms. The molecule has 1 aromatic heterocycles. The number of carbonyl (C=O) groups is 1. The van der Waals surface area contributed by atoms with E-state index in [2.05, 4.69) is 24.3 Å². The highest BCUT2D eigenvalue weighted by molar-refractivity contribution is 7.98. The molecule has 3 heterocycles. The van der Waals surface area contributed by atoms with Crippen molar-refractivity contribution in [2.24, 2.45) is 0 Å². The van der Waals surface area contributed by atoms with Gasteiger partial charge in [-0.3, -0.25) is 19.3 Å². The lowest BCUT2D eigenvalue weighted by atomic mass is 10.2. The first-order valence-electron chi connectivity index (χ1n) is 10.7. The fourth-order valence-electron chi connectivity index (χ4n) is 3.97. The Morgan fingerprint density at radius 1 is 1.00 bits per heavy atom. The zero-order valence-corrected chi connectivity index (χ0v) is 18.7. The smallest absolute Gasteiger partial charge is 0.278 e. The van der Waals surface area contributed by atoms with Crippen LogP contribution in [0, 0.1) is 0 Å². The molecule has 5 rings (SSSR count). The number of thioether (sulfide) groups is 1. The molecule has 0 saturated carbocycles. The second-order valence-electron chi connectivity index (χ2n) is 7.88. The minimum atomic E-state index is -0.570. The first-order chi connectivity index (χ1) is 16.1. The Kier molecular flexibility index (Phi) is 5.83. The molecule has 0 unspecified atom stereocenters. The third kappa shape index (κ3) is 4.34. The lowest BCUT2D eigenvalue weighted by Gasteiger charge is -2.39. The second kappa shape index (κ2) is 9.07. The quantitative estimate of drug-likeness (QED) is 0.518. The third-order valence-electron chi connectivity index (χ3n) is 5.64. The molecule has 168 valence electrons. The van der Waals surface area contributed by atoms with E-state index in [4.69, 9.17) is 4.74 Å². The van der Waals surface area contributed by atoms with Gasteiger partial charge in [0.2, 0.25) is 5.43 Å². The number of pyridine rings is 1. The molecule has 0 fully saturated rings. The van der Waals surface area contributed by atoms with E-state index in [-0.39, 0.29) is 11.6 Å². The highest BCUT2D eigenvalue weighted by Gasteiger charge is 2.32. The van der Waals surface area contributed by atoms with Crippen LogP contribution in [0.3, 0.4) is 0 Å². The summed E-state index contributed by atoms with van der Waals surface area (Å²) in [4.78, 5) is 27.9. The van der Waals surface area contributed by atoms with Crippen molar-refractivity contribution in [1.82, 2.24) is 9.58 Å². The number of hydrogen-bond acceptors (Lipinski definition) is 6. The number of aromatic nitrogens is 1. The van der Waals surface area contributed by atoms with Crippen molar-refractivity contribution >= 4 is 17.7 Å². The number of benzene rings is 2. The number of carbonyl (C=O) groups excluding carboxylic acids is 1. The molecule has 0 aliphatic carbocycles. The molecule has 1 amide bonds. The Morgan fingerprint density at radius 2 is 1.88 bits per heavy atom. The van der Waals surface area contributed by atoms with Crippen LogP contribution in [-0.4, -0.2) is 40.4 Å². The standard InChI is InChI=1S/C25H23N3O4S/c29-21-10-12-28-23(24(21)30)25(31)26-11-3-4-13-32-20-8-5-6-18(14-20)16-33-22-9-2-1-7-19(22)15-27(28)17-26/h1-10,12,14,30H,11,13,15-17H2/b4-3+. The Labute approximate surface area is 195 Å². The van der Waals surface area contributed by atoms with Crippen LogP contribution in [0.2, 0.25) is 0 Å². The van der Waals surface area contributed by atoms with Crippen molar-refractivity contribution in [3.05, 3.63) is 100.0 Å². The Hall–Kier alpha value is -3.65. The molecule has 3 aromatic rings. The van der Waals surface area contributed by atoms with Gasteiger partial charge in [0.15, 0.2) is 11.4 Å². The number of amides is 1. The van der Waals surface area contributed by atoms with Crippen LogP contribution in [0.5, 0.6) is 11.5 Å². The minimum absolute atomic E-state index is 0.0142. The predicted molar refractivity (Wildman–Crippen MR) is 127 cm³/mol. The van der Waals surface area contributed by atoms with E-state index in [9.17, 15) is 14.7 Å². The zero-order valence-electron chi connectivity index (χ0n) is 17.9. The average Bonchev–Trinajstić information content (AvgIpc) is 2.82. The number of aromatic hydroxyl groups is 1. The molecule has 7 nitrogen and oxygen atoms in total. The van der Waals surface area contributed by atoms with Gasteiger partial charge in [0.25, 0.3) is 5.91 Å². The topological polar surface area (TPSA) is 75.0 Å². The molecule has 0 saturated heterocycles. The van der Waals surface area contributed by atoms with Gasteiger partial charge in [-0.05, 0) is 35.4 Å². The van der Waals surface area contributed by atoms with Crippen molar-refractivity contribution in [2.75, 3.05) is 24.8 Å². The van der Waals surface area contributed by atoms with E-state index in [1.54, 1.807) is 27.5 Å². The Bertz CT molecular complexity index is 1290. The van der Waals surface area contributed by atoms with Crippen LogP contribution >= 0.6 is 11.8 Å². The summed E-state index contributed by atoms with van der Waals surface area (Å²) in [5, 5.41) is 12.4. The number of hydrogen-bond donors (Lipinski definition) is 1. The second-order valence-corrected chi connectivity index (χ2v) is 8.90. The van der Waals surface area contributed by atoms with Crippen molar-refractivity contribution in [3.8, 4) is 11.5 Å². The first-order valence-corrected chi connectivity index (χ1v) is 11.7. The van der Waals surface area contributed by atoms with E-state index in [1.165, 1.54) is 11.6 Å². The number of fused-ring (bicyclic) bond motifs is 7. The van der Waals surface area contributed by atoms with Crippen molar-refractivity contribution in [2.45, 2.75) is 17.2 Å². The summed E-state index contributed by atoms with van der Waals surface area (Å²) in [6.07, 6.45) is 5.28. The van der Waals surface area contributed by atoms with Crippen LogP contribution in [0.4, 0.5) is 0 Å². The summed E-state index contributed by atoms with van der Waals surface area (Å²) in [6, 6.07) is 17.5. The molecule has 2 aliphatic rings. The number of ether oxygens (including phenoxy) is 1. The summed E-state index contributed by atoms with van der Waals surface area (Å²) >= 11 is 1.74. The van der Waals surface area contributed by atoms with Crippen molar-refractivity contribution in [1.29, 1.82) is 0 Å². The third-order valence-corrected chi connectivity index (χ3v) is 6.83. The van der Waals surface area contributed by atoms with Crippen LogP contribution in [0.1, 0.15) is 21.6 Å². The SMILES string of the molecule is O=C1c2c(O)c(=O)ccn2N2Cc3ccccc3SCc3cccc(c3)OC/C=C/CN1C2. The Morgan fingerprint density at radius 3 is 2.79 bits per heavy atom. The summed E-state index contributed by atoms with van der Waals surface area (Å²) in [6.45, 7) is 1.54. The lowest BCUT2D eigenvalue weighted by molar-refractivity contribution is 0.0706. The van der Waals surface area contributed by atoms with E-state index in [0.29, 0.717) is 26.4 Å². The monoisotopic (exact) mass is 461 g/mol. The van der Waals surface area contributed by atoms with Gasteiger partial charge in [-0.2, -0.15) is 0 Å². The molecule has 1 N–H and O–H groups in total. The summed E-state index contributed by atoms with van der Waals surface area (Å²) in [5.41, 5.74) is 1.68. The van der Waals surface area contributed by atoms with Gasteiger partial charge >= 0.3 is 0 Å².